The van der Waals surface area contributed by atoms with Crippen molar-refractivity contribution in [2.24, 2.45) is 5.73 Å². The van der Waals surface area contributed by atoms with Gasteiger partial charge in [-0.15, -0.1) is 0 Å². The third-order valence-electron chi connectivity index (χ3n) is 2.86. The van der Waals surface area contributed by atoms with Crippen LogP contribution in [0.25, 0.3) is 0 Å². The minimum Gasteiger partial charge on any atom is -0.494 e. The number of sulfonamides is 1. The van der Waals surface area contributed by atoms with Gasteiger partial charge in [0.05, 0.1) is 11.5 Å². The van der Waals surface area contributed by atoms with Gasteiger partial charge >= 0.3 is 0 Å². The van der Waals surface area contributed by atoms with E-state index in [1.807, 2.05) is 20.8 Å². The highest BCUT2D eigenvalue weighted by Crippen LogP contribution is 2.21. The molecule has 3 N–H and O–H groups in total. The second-order valence-corrected chi connectivity index (χ2v) is 6.04. The number of nitrogens with one attached hydrogen (secondary N) is 1. The van der Waals surface area contributed by atoms with Gasteiger partial charge in [0.15, 0.2) is 0 Å². The first kappa shape index (κ1) is 15.9. The molecule has 0 saturated carbocycles. The van der Waals surface area contributed by atoms with E-state index in [0.717, 1.165) is 5.56 Å². The van der Waals surface area contributed by atoms with E-state index in [4.69, 9.17) is 10.5 Å². The smallest absolute Gasteiger partial charge is 0.240 e. The SMILES string of the molecule is CCOc1ccc(S(=O)(=O)NC(CC)CN)cc1C. The van der Waals surface area contributed by atoms with Crippen molar-refractivity contribution in [3.8, 4) is 5.75 Å². The molecular weight excluding hydrogens is 264 g/mol. The van der Waals surface area contributed by atoms with Crippen LogP contribution < -0.4 is 15.2 Å². The van der Waals surface area contributed by atoms with Crippen LogP contribution in [-0.4, -0.2) is 27.6 Å². The molecule has 0 bridgehead atoms. The molecule has 0 spiro atoms. The first-order valence-corrected chi connectivity index (χ1v) is 7.88. The van der Waals surface area contributed by atoms with Gasteiger partial charge in [-0.25, -0.2) is 13.1 Å². The monoisotopic (exact) mass is 286 g/mol. The van der Waals surface area contributed by atoms with Crippen LogP contribution in [0.1, 0.15) is 25.8 Å². The van der Waals surface area contributed by atoms with Gasteiger partial charge in [-0.05, 0) is 44.0 Å². The third-order valence-corrected chi connectivity index (χ3v) is 4.37. The molecular formula is C13H22N2O3S. The van der Waals surface area contributed by atoms with E-state index in [0.29, 0.717) is 18.8 Å². The molecule has 0 radical (unpaired) electrons. The highest BCUT2D eigenvalue weighted by molar-refractivity contribution is 7.89. The van der Waals surface area contributed by atoms with Crippen LogP contribution in [0.3, 0.4) is 0 Å². The summed E-state index contributed by atoms with van der Waals surface area (Å²) >= 11 is 0. The minimum absolute atomic E-state index is 0.236. The molecule has 0 heterocycles. The van der Waals surface area contributed by atoms with Crippen molar-refractivity contribution in [3.05, 3.63) is 23.8 Å². The average Bonchev–Trinajstić information content (AvgIpc) is 2.38. The van der Waals surface area contributed by atoms with Crippen LogP contribution in [0.4, 0.5) is 0 Å². The number of aryl methyl sites for hydroxylation is 1. The molecule has 6 heteroatoms. The minimum atomic E-state index is -3.52. The van der Waals surface area contributed by atoms with Gasteiger partial charge in [0.25, 0.3) is 0 Å². The van der Waals surface area contributed by atoms with Gasteiger partial charge in [0.2, 0.25) is 10.0 Å². The van der Waals surface area contributed by atoms with E-state index in [9.17, 15) is 8.42 Å². The second-order valence-electron chi connectivity index (χ2n) is 4.32. The molecule has 0 amide bonds. The van der Waals surface area contributed by atoms with Gasteiger partial charge in [-0.3, -0.25) is 0 Å². The zero-order chi connectivity index (χ0) is 14.5. The van der Waals surface area contributed by atoms with Gasteiger partial charge in [0, 0.05) is 12.6 Å². The molecule has 1 atom stereocenters. The van der Waals surface area contributed by atoms with Crippen molar-refractivity contribution in [2.75, 3.05) is 13.2 Å². The molecule has 19 heavy (non-hydrogen) atoms. The Labute approximate surface area is 115 Å². The molecule has 108 valence electrons. The van der Waals surface area contributed by atoms with Crippen molar-refractivity contribution < 1.29 is 13.2 Å². The molecule has 1 aromatic rings. The predicted octanol–water partition coefficient (Wildman–Crippen LogP) is 1.41. The summed E-state index contributed by atoms with van der Waals surface area (Å²) in [5, 5.41) is 0. The summed E-state index contributed by atoms with van der Waals surface area (Å²) in [6.45, 7) is 6.44. The number of rotatable bonds is 7. The van der Waals surface area contributed by atoms with Crippen LogP contribution in [0.2, 0.25) is 0 Å². The summed E-state index contributed by atoms with van der Waals surface area (Å²) in [5.41, 5.74) is 6.31. The van der Waals surface area contributed by atoms with E-state index in [2.05, 4.69) is 4.72 Å². The van der Waals surface area contributed by atoms with Crippen LogP contribution >= 0.6 is 0 Å². The van der Waals surface area contributed by atoms with Crippen molar-refractivity contribution >= 4 is 10.0 Å². The van der Waals surface area contributed by atoms with Crippen molar-refractivity contribution in [2.45, 2.75) is 38.1 Å². The number of benzene rings is 1. The van der Waals surface area contributed by atoms with Crippen molar-refractivity contribution in [1.82, 2.24) is 4.72 Å². The number of hydrogen-bond acceptors (Lipinski definition) is 4. The zero-order valence-corrected chi connectivity index (χ0v) is 12.5. The maximum Gasteiger partial charge on any atom is 0.240 e. The van der Waals surface area contributed by atoms with Crippen LogP contribution in [0, 0.1) is 6.92 Å². The number of hydrogen-bond donors (Lipinski definition) is 2. The summed E-state index contributed by atoms with van der Waals surface area (Å²) in [7, 11) is -3.52. The maximum absolute atomic E-state index is 12.2. The molecule has 1 aromatic carbocycles. The van der Waals surface area contributed by atoms with Gasteiger partial charge < -0.3 is 10.5 Å². The lowest BCUT2D eigenvalue weighted by molar-refractivity contribution is 0.337. The van der Waals surface area contributed by atoms with Crippen LogP contribution in [0.15, 0.2) is 23.1 Å². The Balaban J connectivity index is 2.99. The Bertz CT molecular complexity index is 511. The van der Waals surface area contributed by atoms with Crippen molar-refractivity contribution in [1.29, 1.82) is 0 Å². The summed E-state index contributed by atoms with van der Waals surface area (Å²) in [6.07, 6.45) is 0.658. The molecule has 1 rings (SSSR count). The predicted molar refractivity (Wildman–Crippen MR) is 75.8 cm³/mol. The molecule has 0 saturated heterocycles. The Morgan fingerprint density at radius 2 is 2.05 bits per heavy atom. The topological polar surface area (TPSA) is 81.4 Å². The van der Waals surface area contributed by atoms with E-state index in [1.54, 1.807) is 18.2 Å². The lowest BCUT2D eigenvalue weighted by Crippen LogP contribution is -2.39. The Morgan fingerprint density at radius 3 is 2.53 bits per heavy atom. The summed E-state index contributed by atoms with van der Waals surface area (Å²) < 4.78 is 32.3. The number of nitrogens with two attached hydrogens (primary N) is 1. The molecule has 0 aliphatic heterocycles. The average molecular weight is 286 g/mol. The molecule has 1 unspecified atom stereocenters. The molecule has 0 aliphatic rings. The molecule has 0 fully saturated rings. The fraction of sp³-hybridized carbons (Fsp3) is 0.538. The second kappa shape index (κ2) is 6.88. The molecule has 0 aliphatic carbocycles. The van der Waals surface area contributed by atoms with E-state index in [1.165, 1.54) is 0 Å². The molecule has 0 aromatic heterocycles. The first-order chi connectivity index (χ1) is 8.94. The highest BCUT2D eigenvalue weighted by atomic mass is 32.2. The van der Waals surface area contributed by atoms with Gasteiger partial charge in [-0.2, -0.15) is 0 Å². The fourth-order valence-electron chi connectivity index (χ4n) is 1.69. The lowest BCUT2D eigenvalue weighted by Gasteiger charge is -2.16. The first-order valence-electron chi connectivity index (χ1n) is 6.40. The van der Waals surface area contributed by atoms with Gasteiger partial charge in [0.1, 0.15) is 5.75 Å². The van der Waals surface area contributed by atoms with Crippen LogP contribution in [-0.2, 0) is 10.0 Å². The quantitative estimate of drug-likeness (QED) is 0.794. The normalized spacial score (nSPS) is 13.3. The highest BCUT2D eigenvalue weighted by Gasteiger charge is 2.19. The Hall–Kier alpha value is -1.11. The maximum atomic E-state index is 12.2. The lowest BCUT2D eigenvalue weighted by atomic mass is 10.2. The van der Waals surface area contributed by atoms with E-state index in [-0.39, 0.29) is 17.5 Å². The largest absolute Gasteiger partial charge is 0.494 e. The van der Waals surface area contributed by atoms with E-state index < -0.39 is 10.0 Å². The molecule has 5 nitrogen and oxygen atoms in total. The van der Waals surface area contributed by atoms with E-state index >= 15 is 0 Å². The summed E-state index contributed by atoms with van der Waals surface area (Å²) in [4.78, 5) is 0.236. The summed E-state index contributed by atoms with van der Waals surface area (Å²) in [6, 6.07) is 4.59. The number of ether oxygens (including phenoxy) is 1. The third kappa shape index (κ3) is 4.19. The van der Waals surface area contributed by atoms with Crippen LogP contribution in [0.5, 0.6) is 5.75 Å². The summed E-state index contributed by atoms with van der Waals surface area (Å²) in [5.74, 6) is 0.701. The Kier molecular flexibility index (Phi) is 5.78. The van der Waals surface area contributed by atoms with Crippen molar-refractivity contribution in [3.63, 3.8) is 0 Å². The Morgan fingerprint density at radius 1 is 1.37 bits per heavy atom. The zero-order valence-electron chi connectivity index (χ0n) is 11.6. The van der Waals surface area contributed by atoms with Gasteiger partial charge in [-0.1, -0.05) is 6.92 Å². The fourth-order valence-corrected chi connectivity index (χ4v) is 3.11. The standard InChI is InChI=1S/C13H22N2O3S/c1-4-11(9-14)15-19(16,17)12-6-7-13(18-5-2)10(3)8-12/h6-8,11,15H,4-5,9,14H2,1-3H3.